The van der Waals surface area contributed by atoms with Crippen LogP contribution in [0.5, 0.6) is 0 Å². The molecule has 0 radical (unpaired) electrons. The Labute approximate surface area is 166 Å². The summed E-state index contributed by atoms with van der Waals surface area (Å²) >= 11 is 0. The van der Waals surface area contributed by atoms with Gasteiger partial charge in [0.05, 0.1) is 22.8 Å². The van der Waals surface area contributed by atoms with Gasteiger partial charge in [0, 0.05) is 12.2 Å². The van der Waals surface area contributed by atoms with E-state index in [1.54, 1.807) is 16.9 Å². The standard InChI is InChI=1S/C22H22F3N3O/c1-14-4-9-18(11-14)27-21(29)19-13-26-28-10-2-3-16(20(19)28)12-15-5-7-17(8-6-15)22(23,24)25/h2-3,5-8,10,13-14,18H,4,9,11-12H2,1H3,(H,27,29)/t14-,18?/m1/s1. The summed E-state index contributed by atoms with van der Waals surface area (Å²) in [6, 6.07) is 8.99. The molecule has 1 aliphatic carbocycles. The lowest BCUT2D eigenvalue weighted by Gasteiger charge is -2.13. The van der Waals surface area contributed by atoms with Crippen LogP contribution in [0.4, 0.5) is 13.2 Å². The molecule has 1 aliphatic rings. The molecular formula is C22H22F3N3O. The summed E-state index contributed by atoms with van der Waals surface area (Å²) in [6.45, 7) is 2.18. The first-order valence-electron chi connectivity index (χ1n) is 9.73. The van der Waals surface area contributed by atoms with Crippen LogP contribution >= 0.6 is 0 Å². The number of benzene rings is 1. The third kappa shape index (κ3) is 4.13. The van der Waals surface area contributed by atoms with E-state index >= 15 is 0 Å². The smallest absolute Gasteiger partial charge is 0.349 e. The van der Waals surface area contributed by atoms with Crippen molar-refractivity contribution in [3.63, 3.8) is 0 Å². The third-order valence-electron chi connectivity index (χ3n) is 5.57. The van der Waals surface area contributed by atoms with Crippen molar-refractivity contribution in [1.29, 1.82) is 0 Å². The fraction of sp³-hybridized carbons (Fsp3) is 0.364. The van der Waals surface area contributed by atoms with Crippen LogP contribution in [-0.2, 0) is 12.6 Å². The van der Waals surface area contributed by atoms with Crippen LogP contribution in [0.25, 0.3) is 5.52 Å². The molecule has 7 heteroatoms. The Bertz CT molecular complexity index is 1020. The molecule has 0 bridgehead atoms. The van der Waals surface area contributed by atoms with Gasteiger partial charge in [0.2, 0.25) is 0 Å². The van der Waals surface area contributed by atoms with Gasteiger partial charge in [-0.1, -0.05) is 25.1 Å². The SMILES string of the molecule is C[C@@H]1CCC(NC(=O)c2cnn3cccc(Cc4ccc(C(F)(F)F)cc4)c23)C1. The van der Waals surface area contributed by atoms with Gasteiger partial charge in [-0.05, 0) is 60.9 Å². The lowest BCUT2D eigenvalue weighted by atomic mass is 10.0. The van der Waals surface area contributed by atoms with E-state index in [0.717, 1.165) is 42.5 Å². The molecule has 4 nitrogen and oxygen atoms in total. The number of nitrogens with zero attached hydrogens (tertiary/aromatic N) is 2. The third-order valence-corrected chi connectivity index (χ3v) is 5.57. The van der Waals surface area contributed by atoms with E-state index in [4.69, 9.17) is 0 Å². The maximum atomic E-state index is 12.9. The fourth-order valence-electron chi connectivity index (χ4n) is 4.06. The molecule has 0 spiro atoms. The van der Waals surface area contributed by atoms with Crippen LogP contribution in [0.1, 0.15) is 53.2 Å². The molecule has 1 amide bonds. The van der Waals surface area contributed by atoms with E-state index in [1.165, 1.54) is 12.1 Å². The number of rotatable bonds is 4. The number of carbonyl (C=O) groups excluding carboxylic acids is 1. The minimum absolute atomic E-state index is 0.154. The van der Waals surface area contributed by atoms with Crippen molar-refractivity contribution in [2.75, 3.05) is 0 Å². The Morgan fingerprint density at radius 3 is 2.62 bits per heavy atom. The van der Waals surface area contributed by atoms with Gasteiger partial charge < -0.3 is 5.32 Å². The Morgan fingerprint density at radius 2 is 1.97 bits per heavy atom. The number of hydrogen-bond donors (Lipinski definition) is 1. The lowest BCUT2D eigenvalue weighted by molar-refractivity contribution is -0.137. The maximum absolute atomic E-state index is 12.9. The Balaban J connectivity index is 1.60. The van der Waals surface area contributed by atoms with Crippen LogP contribution in [-0.4, -0.2) is 21.6 Å². The van der Waals surface area contributed by atoms with E-state index in [9.17, 15) is 18.0 Å². The summed E-state index contributed by atoms with van der Waals surface area (Å²) in [4.78, 5) is 12.9. The van der Waals surface area contributed by atoms with Gasteiger partial charge in [-0.15, -0.1) is 0 Å². The summed E-state index contributed by atoms with van der Waals surface area (Å²) in [6.07, 6.45) is 2.44. The molecule has 2 atom stereocenters. The topological polar surface area (TPSA) is 46.4 Å². The zero-order chi connectivity index (χ0) is 20.6. The first kappa shape index (κ1) is 19.5. The van der Waals surface area contributed by atoms with Gasteiger partial charge in [0.25, 0.3) is 5.91 Å². The molecule has 29 heavy (non-hydrogen) atoms. The fourth-order valence-corrected chi connectivity index (χ4v) is 4.06. The van der Waals surface area contributed by atoms with Crippen LogP contribution in [0.15, 0.2) is 48.8 Å². The van der Waals surface area contributed by atoms with Gasteiger partial charge in [-0.3, -0.25) is 4.79 Å². The molecule has 1 saturated carbocycles. The first-order valence-corrected chi connectivity index (χ1v) is 9.73. The van der Waals surface area contributed by atoms with Crippen molar-refractivity contribution in [3.8, 4) is 0 Å². The highest BCUT2D eigenvalue weighted by atomic mass is 19.4. The van der Waals surface area contributed by atoms with Crippen molar-refractivity contribution in [2.45, 2.75) is 44.8 Å². The largest absolute Gasteiger partial charge is 0.416 e. The zero-order valence-electron chi connectivity index (χ0n) is 16.0. The van der Waals surface area contributed by atoms with Crippen molar-refractivity contribution in [1.82, 2.24) is 14.9 Å². The minimum Gasteiger partial charge on any atom is -0.349 e. The van der Waals surface area contributed by atoms with Gasteiger partial charge in [0.1, 0.15) is 0 Å². The number of alkyl halides is 3. The van der Waals surface area contributed by atoms with Gasteiger partial charge in [-0.2, -0.15) is 18.3 Å². The molecule has 0 aliphatic heterocycles. The molecule has 0 saturated heterocycles. The number of halogens is 3. The van der Waals surface area contributed by atoms with Crippen LogP contribution in [0.3, 0.4) is 0 Å². The Morgan fingerprint density at radius 1 is 1.21 bits per heavy atom. The molecule has 1 N–H and O–H groups in total. The van der Waals surface area contributed by atoms with Crippen molar-refractivity contribution < 1.29 is 18.0 Å². The highest BCUT2D eigenvalue weighted by molar-refractivity contribution is 6.01. The zero-order valence-corrected chi connectivity index (χ0v) is 16.0. The number of hydrogen-bond acceptors (Lipinski definition) is 2. The average Bonchev–Trinajstić information content (AvgIpc) is 3.28. The normalized spacial score (nSPS) is 19.6. The lowest BCUT2D eigenvalue weighted by Crippen LogP contribution is -2.32. The summed E-state index contributed by atoms with van der Waals surface area (Å²) in [7, 11) is 0. The minimum atomic E-state index is -4.35. The average molecular weight is 401 g/mol. The Hall–Kier alpha value is -2.83. The molecule has 2 aromatic heterocycles. The number of aromatic nitrogens is 2. The molecular weight excluding hydrogens is 379 g/mol. The Kier molecular flexibility index (Phi) is 5.06. The number of amides is 1. The maximum Gasteiger partial charge on any atom is 0.416 e. The van der Waals surface area contributed by atoms with E-state index in [1.807, 2.05) is 12.1 Å². The van der Waals surface area contributed by atoms with Gasteiger partial charge >= 0.3 is 6.18 Å². The molecule has 152 valence electrons. The highest BCUT2D eigenvalue weighted by Gasteiger charge is 2.30. The molecule has 1 aromatic carbocycles. The second kappa shape index (κ2) is 7.54. The molecule has 2 heterocycles. The van der Waals surface area contributed by atoms with E-state index in [-0.39, 0.29) is 11.9 Å². The van der Waals surface area contributed by atoms with Crippen LogP contribution in [0, 0.1) is 5.92 Å². The van der Waals surface area contributed by atoms with Gasteiger partial charge in [-0.25, -0.2) is 4.52 Å². The van der Waals surface area contributed by atoms with E-state index < -0.39 is 11.7 Å². The predicted molar refractivity (Wildman–Crippen MR) is 104 cm³/mol. The van der Waals surface area contributed by atoms with Gasteiger partial charge in [0.15, 0.2) is 0 Å². The number of pyridine rings is 1. The van der Waals surface area contributed by atoms with Crippen molar-refractivity contribution in [2.24, 2.45) is 5.92 Å². The second-order valence-electron chi connectivity index (χ2n) is 7.84. The monoisotopic (exact) mass is 401 g/mol. The molecule has 3 aromatic rings. The molecule has 4 rings (SSSR count). The number of nitrogens with one attached hydrogen (secondary N) is 1. The number of fused-ring (bicyclic) bond motifs is 1. The predicted octanol–water partition coefficient (Wildman–Crippen LogP) is 4.86. The van der Waals surface area contributed by atoms with E-state index in [0.29, 0.717) is 23.4 Å². The summed E-state index contributed by atoms with van der Waals surface area (Å²) in [5.74, 6) is 0.457. The quantitative estimate of drug-likeness (QED) is 0.679. The summed E-state index contributed by atoms with van der Waals surface area (Å²) in [5.41, 5.74) is 2.09. The van der Waals surface area contributed by atoms with Crippen LogP contribution in [0.2, 0.25) is 0 Å². The molecule has 1 unspecified atom stereocenters. The first-order chi connectivity index (χ1) is 13.8. The summed E-state index contributed by atoms with van der Waals surface area (Å²) < 4.78 is 40.0. The van der Waals surface area contributed by atoms with E-state index in [2.05, 4.69) is 17.3 Å². The van der Waals surface area contributed by atoms with Crippen LogP contribution < -0.4 is 5.32 Å². The highest BCUT2D eigenvalue weighted by Crippen LogP contribution is 2.30. The summed E-state index contributed by atoms with van der Waals surface area (Å²) in [5, 5.41) is 7.39. The molecule has 1 fully saturated rings. The second-order valence-corrected chi connectivity index (χ2v) is 7.84. The van der Waals surface area contributed by atoms with Crippen molar-refractivity contribution in [3.05, 3.63) is 71.0 Å². The number of carbonyl (C=O) groups is 1. The van der Waals surface area contributed by atoms with Crippen molar-refractivity contribution >= 4 is 11.4 Å².